The summed E-state index contributed by atoms with van der Waals surface area (Å²) < 4.78 is 0. The maximum absolute atomic E-state index is 12.6. The third-order valence-corrected chi connectivity index (χ3v) is 5.41. The maximum atomic E-state index is 12.6. The van der Waals surface area contributed by atoms with Crippen LogP contribution < -0.4 is 0 Å². The van der Waals surface area contributed by atoms with E-state index in [1.807, 2.05) is 30.3 Å². The first-order chi connectivity index (χ1) is 11.5. The van der Waals surface area contributed by atoms with E-state index in [0.717, 1.165) is 6.42 Å². The minimum atomic E-state index is -0.976. The van der Waals surface area contributed by atoms with Gasteiger partial charge in [0, 0.05) is 6.42 Å². The molecular formula is C22H36O2. The first kappa shape index (κ1) is 20.9. The van der Waals surface area contributed by atoms with Gasteiger partial charge in [-0.25, -0.2) is 0 Å². The molecular weight excluding hydrogens is 296 g/mol. The molecule has 0 aliphatic heterocycles. The molecule has 0 aliphatic rings. The SMILES string of the molecule is CCCCC(CC(C)CC)C(CC)CC(=O)C(O)c1ccccc1. The van der Waals surface area contributed by atoms with Crippen molar-refractivity contribution < 1.29 is 9.90 Å². The number of hydrogen-bond acceptors (Lipinski definition) is 2. The zero-order valence-corrected chi connectivity index (χ0v) is 16.0. The lowest BCUT2D eigenvalue weighted by atomic mass is 9.77. The first-order valence-electron chi connectivity index (χ1n) is 9.79. The lowest BCUT2D eigenvalue weighted by molar-refractivity contribution is -0.129. The molecule has 2 nitrogen and oxygen atoms in total. The van der Waals surface area contributed by atoms with E-state index >= 15 is 0 Å². The molecule has 0 radical (unpaired) electrons. The van der Waals surface area contributed by atoms with Crippen molar-refractivity contribution in [3.05, 3.63) is 35.9 Å². The van der Waals surface area contributed by atoms with Gasteiger partial charge < -0.3 is 5.11 Å². The number of carbonyl (C=O) groups excluding carboxylic acids is 1. The number of unbranched alkanes of at least 4 members (excludes halogenated alkanes) is 1. The van der Waals surface area contributed by atoms with Crippen LogP contribution in [-0.4, -0.2) is 10.9 Å². The monoisotopic (exact) mass is 332 g/mol. The van der Waals surface area contributed by atoms with E-state index in [-0.39, 0.29) is 5.78 Å². The van der Waals surface area contributed by atoms with Gasteiger partial charge in [-0.3, -0.25) is 4.79 Å². The van der Waals surface area contributed by atoms with Crippen molar-refractivity contribution in [1.82, 2.24) is 0 Å². The Morgan fingerprint density at radius 3 is 2.25 bits per heavy atom. The smallest absolute Gasteiger partial charge is 0.166 e. The summed E-state index contributed by atoms with van der Waals surface area (Å²) in [5, 5.41) is 10.4. The number of ketones is 1. The molecule has 1 rings (SSSR count). The molecule has 24 heavy (non-hydrogen) atoms. The standard InChI is InChI=1S/C22H36O2/c1-5-8-12-20(15-17(4)6-2)18(7-3)16-21(23)22(24)19-13-10-9-11-14-19/h9-11,13-14,17-18,20,22,24H,5-8,12,15-16H2,1-4H3. The van der Waals surface area contributed by atoms with Gasteiger partial charge in [0.2, 0.25) is 0 Å². The predicted molar refractivity (Wildman–Crippen MR) is 102 cm³/mol. The Bertz CT molecular complexity index is 454. The Morgan fingerprint density at radius 2 is 1.71 bits per heavy atom. The maximum Gasteiger partial charge on any atom is 0.166 e. The minimum absolute atomic E-state index is 0.0290. The third kappa shape index (κ3) is 6.76. The van der Waals surface area contributed by atoms with Crippen LogP contribution in [0.2, 0.25) is 0 Å². The Hall–Kier alpha value is -1.15. The second kappa shape index (κ2) is 11.4. The zero-order valence-electron chi connectivity index (χ0n) is 16.0. The van der Waals surface area contributed by atoms with Crippen LogP contribution in [0.25, 0.3) is 0 Å². The highest BCUT2D eigenvalue weighted by Gasteiger charge is 2.27. The molecule has 0 amide bonds. The van der Waals surface area contributed by atoms with E-state index < -0.39 is 6.10 Å². The van der Waals surface area contributed by atoms with E-state index in [1.54, 1.807) is 0 Å². The molecule has 0 bridgehead atoms. The van der Waals surface area contributed by atoms with Gasteiger partial charge in [0.15, 0.2) is 5.78 Å². The fourth-order valence-electron chi connectivity index (χ4n) is 3.53. The summed E-state index contributed by atoms with van der Waals surface area (Å²) in [6.07, 6.45) is 6.56. The van der Waals surface area contributed by atoms with Crippen molar-refractivity contribution in [3.63, 3.8) is 0 Å². The topological polar surface area (TPSA) is 37.3 Å². The Kier molecular flexibility index (Phi) is 9.94. The molecule has 1 aromatic carbocycles. The van der Waals surface area contributed by atoms with Crippen molar-refractivity contribution in [2.45, 2.75) is 78.7 Å². The summed E-state index contributed by atoms with van der Waals surface area (Å²) in [6.45, 7) is 8.97. The van der Waals surface area contributed by atoms with Gasteiger partial charge in [-0.2, -0.15) is 0 Å². The molecule has 0 aliphatic carbocycles. The molecule has 0 saturated heterocycles. The zero-order chi connectivity index (χ0) is 17.9. The second-order valence-corrected chi connectivity index (χ2v) is 7.30. The predicted octanol–water partition coefficient (Wildman–Crippen LogP) is 5.95. The van der Waals surface area contributed by atoms with Gasteiger partial charge in [0.1, 0.15) is 6.10 Å². The molecule has 4 atom stereocenters. The molecule has 0 heterocycles. The molecule has 4 unspecified atom stereocenters. The van der Waals surface area contributed by atoms with Crippen LogP contribution in [0, 0.1) is 17.8 Å². The number of benzene rings is 1. The molecule has 136 valence electrons. The molecule has 2 heteroatoms. The number of Topliss-reactive ketones (excluding diaryl/α,β-unsaturated/α-hetero) is 1. The van der Waals surface area contributed by atoms with Crippen LogP contribution in [0.15, 0.2) is 30.3 Å². The van der Waals surface area contributed by atoms with Crippen molar-refractivity contribution in [2.24, 2.45) is 17.8 Å². The van der Waals surface area contributed by atoms with E-state index in [1.165, 1.54) is 32.1 Å². The van der Waals surface area contributed by atoms with Crippen LogP contribution in [-0.2, 0) is 4.79 Å². The minimum Gasteiger partial charge on any atom is -0.381 e. The number of rotatable bonds is 12. The average molecular weight is 333 g/mol. The number of aliphatic hydroxyl groups is 1. The molecule has 0 spiro atoms. The highest BCUT2D eigenvalue weighted by molar-refractivity contribution is 5.84. The first-order valence-corrected chi connectivity index (χ1v) is 9.79. The quantitative estimate of drug-likeness (QED) is 0.513. The van der Waals surface area contributed by atoms with Gasteiger partial charge >= 0.3 is 0 Å². The number of carbonyl (C=O) groups is 1. The molecule has 0 fully saturated rings. The number of hydrogen-bond donors (Lipinski definition) is 1. The largest absolute Gasteiger partial charge is 0.381 e. The summed E-state index contributed by atoms with van der Waals surface area (Å²) in [5.74, 6) is 1.65. The van der Waals surface area contributed by atoms with Gasteiger partial charge in [0.25, 0.3) is 0 Å². The normalized spacial score (nSPS) is 16.4. The van der Waals surface area contributed by atoms with Crippen LogP contribution in [0.3, 0.4) is 0 Å². The highest BCUT2D eigenvalue weighted by atomic mass is 16.3. The summed E-state index contributed by atoms with van der Waals surface area (Å²) in [7, 11) is 0. The van der Waals surface area contributed by atoms with Crippen LogP contribution in [0.1, 0.15) is 84.3 Å². The lowest BCUT2D eigenvalue weighted by Crippen LogP contribution is -2.23. The van der Waals surface area contributed by atoms with Gasteiger partial charge in [-0.15, -0.1) is 0 Å². The Balaban J connectivity index is 2.74. The fraction of sp³-hybridized carbons (Fsp3) is 0.682. The van der Waals surface area contributed by atoms with Gasteiger partial charge in [0.05, 0.1) is 0 Å². The fourth-order valence-corrected chi connectivity index (χ4v) is 3.53. The summed E-state index contributed by atoms with van der Waals surface area (Å²) in [6, 6.07) is 9.31. The van der Waals surface area contributed by atoms with Gasteiger partial charge in [-0.1, -0.05) is 90.1 Å². The van der Waals surface area contributed by atoms with E-state index in [2.05, 4.69) is 27.7 Å². The van der Waals surface area contributed by atoms with Crippen LogP contribution >= 0.6 is 0 Å². The van der Waals surface area contributed by atoms with Crippen molar-refractivity contribution in [2.75, 3.05) is 0 Å². The molecule has 0 aromatic heterocycles. The van der Waals surface area contributed by atoms with Crippen molar-refractivity contribution in [3.8, 4) is 0 Å². The van der Waals surface area contributed by atoms with E-state index in [0.29, 0.717) is 29.7 Å². The van der Waals surface area contributed by atoms with Gasteiger partial charge in [-0.05, 0) is 29.7 Å². The highest BCUT2D eigenvalue weighted by Crippen LogP contribution is 2.33. The Morgan fingerprint density at radius 1 is 1.04 bits per heavy atom. The summed E-state index contributed by atoms with van der Waals surface area (Å²) >= 11 is 0. The molecule has 1 aromatic rings. The van der Waals surface area contributed by atoms with Crippen LogP contribution in [0.4, 0.5) is 0 Å². The lowest BCUT2D eigenvalue weighted by Gasteiger charge is -2.29. The number of aliphatic hydroxyl groups excluding tert-OH is 1. The van der Waals surface area contributed by atoms with Crippen molar-refractivity contribution in [1.29, 1.82) is 0 Å². The molecule has 0 saturated carbocycles. The molecule has 1 N–H and O–H groups in total. The average Bonchev–Trinajstić information content (AvgIpc) is 2.62. The summed E-state index contributed by atoms with van der Waals surface area (Å²) in [4.78, 5) is 12.6. The van der Waals surface area contributed by atoms with Crippen LogP contribution in [0.5, 0.6) is 0 Å². The van der Waals surface area contributed by atoms with E-state index in [4.69, 9.17) is 0 Å². The van der Waals surface area contributed by atoms with Crippen molar-refractivity contribution >= 4 is 5.78 Å². The third-order valence-electron chi connectivity index (χ3n) is 5.41. The Labute approximate surface area is 148 Å². The van der Waals surface area contributed by atoms with E-state index in [9.17, 15) is 9.90 Å². The second-order valence-electron chi connectivity index (χ2n) is 7.30. The summed E-state index contributed by atoms with van der Waals surface area (Å²) in [5.41, 5.74) is 0.712.